The predicted molar refractivity (Wildman–Crippen MR) is 101 cm³/mol. The average molecular weight is 395 g/mol. The van der Waals surface area contributed by atoms with E-state index < -0.39 is 0 Å². The number of anilines is 3. The number of amides is 1. The number of para-hydroxylation sites is 2. The van der Waals surface area contributed by atoms with E-state index in [-0.39, 0.29) is 5.91 Å². The van der Waals surface area contributed by atoms with Crippen molar-refractivity contribution in [3.05, 3.63) is 76.5 Å². The molecule has 1 N–H and O–H groups in total. The maximum absolute atomic E-state index is 12.9. The van der Waals surface area contributed by atoms with Crippen molar-refractivity contribution in [2.75, 3.05) is 16.8 Å². The summed E-state index contributed by atoms with van der Waals surface area (Å²) in [7, 11) is 0. The van der Waals surface area contributed by atoms with Crippen LogP contribution in [-0.4, -0.2) is 22.4 Å². The fraction of sp³-hybridized carbons (Fsp3) is 0.105. The summed E-state index contributed by atoms with van der Waals surface area (Å²) in [4.78, 5) is 23.3. The highest BCUT2D eigenvalue weighted by Crippen LogP contribution is 2.29. The van der Waals surface area contributed by atoms with Crippen molar-refractivity contribution in [1.82, 2.24) is 9.97 Å². The average Bonchev–Trinajstić information content (AvgIpc) is 3.07. The molecule has 0 spiro atoms. The standard InChI is InChI=1S/C19H15BrN4O/c20-14-6-2-3-7-15(14)22-19-21-11-9-16(23-19)18(25)24-12-10-13-5-1-4-8-17(13)24/h1-9,11H,10,12H2,(H,21,22,23). The maximum Gasteiger partial charge on any atom is 0.277 e. The van der Waals surface area contributed by atoms with Crippen LogP contribution in [0.2, 0.25) is 0 Å². The minimum Gasteiger partial charge on any atom is -0.323 e. The molecular formula is C19H15BrN4O. The summed E-state index contributed by atoms with van der Waals surface area (Å²) in [5.74, 6) is 0.285. The lowest BCUT2D eigenvalue weighted by Gasteiger charge is -2.17. The molecule has 3 aromatic rings. The van der Waals surface area contributed by atoms with E-state index in [9.17, 15) is 4.79 Å². The lowest BCUT2D eigenvalue weighted by atomic mass is 10.2. The number of aromatic nitrogens is 2. The van der Waals surface area contributed by atoms with Crippen molar-refractivity contribution in [3.8, 4) is 0 Å². The van der Waals surface area contributed by atoms with Crippen molar-refractivity contribution in [2.45, 2.75) is 6.42 Å². The highest BCUT2D eigenvalue weighted by molar-refractivity contribution is 9.10. The van der Waals surface area contributed by atoms with Crippen LogP contribution in [0.15, 0.2) is 65.3 Å². The van der Waals surface area contributed by atoms with Gasteiger partial charge in [0.15, 0.2) is 0 Å². The van der Waals surface area contributed by atoms with Crippen molar-refractivity contribution in [2.24, 2.45) is 0 Å². The molecule has 0 saturated carbocycles. The lowest BCUT2D eigenvalue weighted by Crippen LogP contribution is -2.29. The molecule has 0 bridgehead atoms. The number of nitrogens with one attached hydrogen (secondary N) is 1. The van der Waals surface area contributed by atoms with Gasteiger partial charge in [-0.15, -0.1) is 0 Å². The number of hydrogen-bond donors (Lipinski definition) is 1. The molecule has 0 unspecified atom stereocenters. The molecule has 1 amide bonds. The normalized spacial score (nSPS) is 12.8. The Hall–Kier alpha value is -2.73. The molecule has 0 radical (unpaired) electrons. The van der Waals surface area contributed by atoms with E-state index in [1.54, 1.807) is 17.2 Å². The fourth-order valence-electron chi connectivity index (χ4n) is 2.91. The first-order valence-corrected chi connectivity index (χ1v) is 8.76. The molecule has 1 aliphatic rings. The second kappa shape index (κ2) is 6.64. The molecule has 2 aromatic carbocycles. The first-order chi connectivity index (χ1) is 12.2. The van der Waals surface area contributed by atoms with Crippen molar-refractivity contribution in [3.63, 3.8) is 0 Å². The summed E-state index contributed by atoms with van der Waals surface area (Å²) in [5.41, 5.74) is 3.38. The summed E-state index contributed by atoms with van der Waals surface area (Å²) in [6.07, 6.45) is 2.47. The fourth-order valence-corrected chi connectivity index (χ4v) is 3.29. The molecule has 25 heavy (non-hydrogen) atoms. The molecule has 1 aliphatic heterocycles. The molecule has 5 nitrogen and oxygen atoms in total. The largest absolute Gasteiger partial charge is 0.323 e. The van der Waals surface area contributed by atoms with Crippen LogP contribution in [0.1, 0.15) is 16.1 Å². The summed E-state index contributed by atoms with van der Waals surface area (Å²) >= 11 is 3.48. The smallest absolute Gasteiger partial charge is 0.277 e. The summed E-state index contributed by atoms with van der Waals surface area (Å²) in [5, 5.41) is 3.14. The van der Waals surface area contributed by atoms with E-state index >= 15 is 0 Å². The zero-order valence-corrected chi connectivity index (χ0v) is 14.9. The maximum atomic E-state index is 12.9. The number of carbonyl (C=O) groups is 1. The molecule has 6 heteroatoms. The van der Waals surface area contributed by atoms with Gasteiger partial charge in [-0.3, -0.25) is 4.79 Å². The van der Waals surface area contributed by atoms with E-state index in [1.165, 1.54) is 5.56 Å². The van der Waals surface area contributed by atoms with Gasteiger partial charge in [0.25, 0.3) is 5.91 Å². The number of carbonyl (C=O) groups excluding carboxylic acids is 1. The number of benzene rings is 2. The monoisotopic (exact) mass is 394 g/mol. The third-order valence-electron chi connectivity index (χ3n) is 4.13. The van der Waals surface area contributed by atoms with Gasteiger partial charge in [-0.25, -0.2) is 9.97 Å². The number of hydrogen-bond acceptors (Lipinski definition) is 4. The van der Waals surface area contributed by atoms with Crippen LogP contribution >= 0.6 is 15.9 Å². The molecular weight excluding hydrogens is 380 g/mol. The van der Waals surface area contributed by atoms with Crippen LogP contribution in [0, 0.1) is 0 Å². The zero-order chi connectivity index (χ0) is 17.2. The Morgan fingerprint density at radius 1 is 1.08 bits per heavy atom. The Morgan fingerprint density at radius 3 is 2.76 bits per heavy atom. The highest BCUT2D eigenvalue weighted by atomic mass is 79.9. The van der Waals surface area contributed by atoms with Gasteiger partial charge in [0.2, 0.25) is 5.95 Å². The van der Waals surface area contributed by atoms with Crippen LogP contribution in [0.3, 0.4) is 0 Å². The van der Waals surface area contributed by atoms with Gasteiger partial charge in [0.05, 0.1) is 5.69 Å². The second-order valence-corrected chi connectivity index (χ2v) is 6.56. The van der Waals surface area contributed by atoms with E-state index in [1.807, 2.05) is 42.5 Å². The summed E-state index contributed by atoms with van der Waals surface area (Å²) in [6, 6.07) is 17.3. The number of halogens is 1. The van der Waals surface area contributed by atoms with Crippen LogP contribution in [0.25, 0.3) is 0 Å². The van der Waals surface area contributed by atoms with Crippen molar-refractivity contribution in [1.29, 1.82) is 0 Å². The lowest BCUT2D eigenvalue weighted by molar-refractivity contribution is 0.0984. The molecule has 0 fully saturated rings. The van der Waals surface area contributed by atoms with Gasteiger partial charge in [0, 0.05) is 22.9 Å². The Bertz CT molecular complexity index is 944. The van der Waals surface area contributed by atoms with E-state index in [0.717, 1.165) is 22.3 Å². The number of fused-ring (bicyclic) bond motifs is 1. The van der Waals surface area contributed by atoms with Gasteiger partial charge >= 0.3 is 0 Å². The van der Waals surface area contributed by atoms with Crippen LogP contribution in [0.5, 0.6) is 0 Å². The summed E-state index contributed by atoms with van der Waals surface area (Å²) in [6.45, 7) is 0.676. The van der Waals surface area contributed by atoms with E-state index in [4.69, 9.17) is 0 Å². The van der Waals surface area contributed by atoms with E-state index in [2.05, 4.69) is 37.3 Å². The third kappa shape index (κ3) is 3.13. The van der Waals surface area contributed by atoms with Crippen LogP contribution < -0.4 is 10.2 Å². The van der Waals surface area contributed by atoms with Gasteiger partial charge in [0.1, 0.15) is 5.69 Å². The molecule has 4 rings (SSSR count). The molecule has 0 atom stereocenters. The zero-order valence-electron chi connectivity index (χ0n) is 13.3. The van der Waals surface area contributed by atoms with E-state index in [0.29, 0.717) is 18.2 Å². The molecule has 124 valence electrons. The third-order valence-corrected chi connectivity index (χ3v) is 4.82. The SMILES string of the molecule is O=C(c1ccnc(Nc2ccccc2Br)n1)N1CCc2ccccc21. The van der Waals surface area contributed by atoms with Gasteiger partial charge in [-0.1, -0.05) is 30.3 Å². The number of nitrogens with zero attached hydrogens (tertiary/aromatic N) is 3. The van der Waals surface area contributed by atoms with Gasteiger partial charge < -0.3 is 10.2 Å². The molecule has 0 aliphatic carbocycles. The quantitative estimate of drug-likeness (QED) is 0.723. The Morgan fingerprint density at radius 2 is 1.88 bits per heavy atom. The summed E-state index contributed by atoms with van der Waals surface area (Å²) < 4.78 is 0.906. The minimum atomic E-state index is -0.109. The Balaban J connectivity index is 1.60. The van der Waals surface area contributed by atoms with Crippen LogP contribution in [-0.2, 0) is 6.42 Å². The van der Waals surface area contributed by atoms with Crippen LogP contribution in [0.4, 0.5) is 17.3 Å². The van der Waals surface area contributed by atoms with Crippen molar-refractivity contribution < 1.29 is 4.79 Å². The Kier molecular flexibility index (Phi) is 4.19. The highest BCUT2D eigenvalue weighted by Gasteiger charge is 2.26. The first-order valence-electron chi connectivity index (χ1n) is 7.97. The number of rotatable bonds is 3. The van der Waals surface area contributed by atoms with Crippen molar-refractivity contribution >= 4 is 39.2 Å². The van der Waals surface area contributed by atoms with Gasteiger partial charge in [-0.2, -0.15) is 0 Å². The first kappa shape index (κ1) is 15.8. The Labute approximate surface area is 153 Å². The topological polar surface area (TPSA) is 58.1 Å². The molecule has 0 saturated heterocycles. The predicted octanol–water partition coefficient (Wildman–Crippen LogP) is 4.19. The minimum absolute atomic E-state index is 0.109. The molecule has 2 heterocycles. The molecule has 1 aromatic heterocycles. The second-order valence-electron chi connectivity index (χ2n) is 5.71. The van der Waals surface area contributed by atoms with Gasteiger partial charge in [-0.05, 0) is 52.2 Å².